The lowest BCUT2D eigenvalue weighted by Crippen LogP contribution is -2.21. The van der Waals surface area contributed by atoms with Gasteiger partial charge in [0.15, 0.2) is 0 Å². The number of hydrogen-bond donors (Lipinski definition) is 1. The quantitative estimate of drug-likeness (QED) is 0.796. The second kappa shape index (κ2) is 5.12. The number of thiocarbonyl (C=S) groups is 1. The number of rotatable bonds is 3. The fourth-order valence-corrected chi connectivity index (χ4v) is 1.93. The molecule has 2 nitrogen and oxygen atoms in total. The zero-order valence-electron chi connectivity index (χ0n) is 9.68. The summed E-state index contributed by atoms with van der Waals surface area (Å²) in [4.78, 5) is 0.798. The van der Waals surface area contributed by atoms with E-state index in [0.717, 1.165) is 34.0 Å². The van der Waals surface area contributed by atoms with Gasteiger partial charge in [-0.05, 0) is 44.0 Å². The molecule has 0 aliphatic carbocycles. The molecule has 0 radical (unpaired) electrons. The molecule has 15 heavy (non-hydrogen) atoms. The van der Waals surface area contributed by atoms with Gasteiger partial charge in [-0.3, -0.25) is 0 Å². The molecule has 1 rings (SSSR count). The summed E-state index contributed by atoms with van der Waals surface area (Å²) in [5.41, 5.74) is 3.29. The highest BCUT2D eigenvalue weighted by Gasteiger charge is 2.07. The van der Waals surface area contributed by atoms with Gasteiger partial charge in [0.25, 0.3) is 0 Å². The van der Waals surface area contributed by atoms with Crippen molar-refractivity contribution in [3.8, 4) is 5.75 Å². The maximum Gasteiger partial charge on any atom is 0.124 e. The molecule has 0 saturated carbocycles. The van der Waals surface area contributed by atoms with Crippen molar-refractivity contribution in [3.05, 3.63) is 28.8 Å². The van der Waals surface area contributed by atoms with Gasteiger partial charge in [0.05, 0.1) is 7.11 Å². The second-order valence-electron chi connectivity index (χ2n) is 3.50. The minimum atomic E-state index is 0.798. The Balaban J connectivity index is 3.08. The third kappa shape index (κ3) is 2.69. The Morgan fingerprint density at radius 2 is 1.87 bits per heavy atom. The van der Waals surface area contributed by atoms with Crippen LogP contribution in [0.1, 0.15) is 23.6 Å². The highest BCUT2D eigenvalue weighted by molar-refractivity contribution is 7.80. The summed E-state index contributed by atoms with van der Waals surface area (Å²) < 4.78 is 5.31. The molecule has 0 heterocycles. The summed E-state index contributed by atoms with van der Waals surface area (Å²) in [5.74, 6) is 0.943. The normalized spacial score (nSPS) is 9.87. The van der Waals surface area contributed by atoms with E-state index in [1.165, 1.54) is 0 Å². The van der Waals surface area contributed by atoms with Crippen molar-refractivity contribution in [2.75, 3.05) is 13.7 Å². The predicted molar refractivity (Wildman–Crippen MR) is 67.8 cm³/mol. The lowest BCUT2D eigenvalue weighted by molar-refractivity contribution is 0.408. The van der Waals surface area contributed by atoms with Crippen LogP contribution < -0.4 is 10.1 Å². The molecule has 1 aromatic rings. The van der Waals surface area contributed by atoms with Crippen LogP contribution in [0.4, 0.5) is 0 Å². The number of methoxy groups -OCH3 is 1. The van der Waals surface area contributed by atoms with E-state index in [1.807, 2.05) is 20.8 Å². The molecule has 0 unspecified atom stereocenters. The Bertz CT molecular complexity index is 351. The van der Waals surface area contributed by atoms with Crippen LogP contribution in [-0.2, 0) is 0 Å². The van der Waals surface area contributed by atoms with Crippen LogP contribution in [0.25, 0.3) is 0 Å². The largest absolute Gasteiger partial charge is 0.496 e. The highest BCUT2D eigenvalue weighted by atomic mass is 32.1. The van der Waals surface area contributed by atoms with Gasteiger partial charge in [0, 0.05) is 12.1 Å². The number of nitrogens with one attached hydrogen (secondary N) is 1. The maximum absolute atomic E-state index is 5.31. The van der Waals surface area contributed by atoms with E-state index in [0.29, 0.717) is 0 Å². The topological polar surface area (TPSA) is 21.3 Å². The van der Waals surface area contributed by atoms with Crippen LogP contribution in [0.3, 0.4) is 0 Å². The van der Waals surface area contributed by atoms with E-state index in [-0.39, 0.29) is 0 Å². The Hall–Kier alpha value is -1.09. The van der Waals surface area contributed by atoms with E-state index in [9.17, 15) is 0 Å². The van der Waals surface area contributed by atoms with Gasteiger partial charge in [-0.2, -0.15) is 0 Å². The van der Waals surface area contributed by atoms with Gasteiger partial charge >= 0.3 is 0 Å². The van der Waals surface area contributed by atoms with Crippen LogP contribution in [0.2, 0.25) is 0 Å². The summed E-state index contributed by atoms with van der Waals surface area (Å²) in [5, 5.41) is 3.14. The van der Waals surface area contributed by atoms with Gasteiger partial charge in [-0.15, -0.1) is 0 Å². The van der Waals surface area contributed by atoms with E-state index >= 15 is 0 Å². The molecular formula is C12H17NOS. The summed E-state index contributed by atoms with van der Waals surface area (Å²) in [6.07, 6.45) is 0. The summed E-state index contributed by atoms with van der Waals surface area (Å²) in [7, 11) is 1.69. The van der Waals surface area contributed by atoms with Crippen LogP contribution in [-0.4, -0.2) is 18.6 Å². The molecule has 1 aromatic carbocycles. The second-order valence-corrected chi connectivity index (χ2v) is 3.91. The van der Waals surface area contributed by atoms with Gasteiger partial charge in [0.2, 0.25) is 0 Å². The number of ether oxygens (including phenoxy) is 1. The molecule has 0 aromatic heterocycles. The molecule has 0 amide bonds. The maximum atomic E-state index is 5.31. The highest BCUT2D eigenvalue weighted by Crippen LogP contribution is 2.24. The first-order valence-corrected chi connectivity index (χ1v) is 5.44. The molecular weight excluding hydrogens is 206 g/mol. The SMILES string of the molecule is CCNC(=S)c1cc(C)c(OC)c(C)c1. The van der Waals surface area contributed by atoms with Crippen molar-refractivity contribution in [3.63, 3.8) is 0 Å². The average molecular weight is 223 g/mol. The zero-order chi connectivity index (χ0) is 11.4. The van der Waals surface area contributed by atoms with Crippen molar-refractivity contribution in [2.45, 2.75) is 20.8 Å². The van der Waals surface area contributed by atoms with Gasteiger partial charge < -0.3 is 10.1 Å². The predicted octanol–water partition coefficient (Wildman–Crippen LogP) is 2.60. The van der Waals surface area contributed by atoms with Crippen molar-refractivity contribution >= 4 is 17.2 Å². The lowest BCUT2D eigenvalue weighted by atomic mass is 10.1. The van der Waals surface area contributed by atoms with Crippen LogP contribution in [0.5, 0.6) is 5.75 Å². The van der Waals surface area contributed by atoms with Crippen molar-refractivity contribution in [1.82, 2.24) is 5.32 Å². The lowest BCUT2D eigenvalue weighted by Gasteiger charge is -2.12. The molecule has 0 saturated heterocycles. The molecule has 3 heteroatoms. The van der Waals surface area contributed by atoms with Crippen LogP contribution >= 0.6 is 12.2 Å². The first kappa shape index (κ1) is 12.0. The number of benzene rings is 1. The molecule has 0 fully saturated rings. The van der Waals surface area contributed by atoms with E-state index in [1.54, 1.807) is 7.11 Å². The zero-order valence-corrected chi connectivity index (χ0v) is 10.5. The molecule has 0 bridgehead atoms. The van der Waals surface area contributed by atoms with Gasteiger partial charge in [-0.25, -0.2) is 0 Å². The van der Waals surface area contributed by atoms with E-state index in [4.69, 9.17) is 17.0 Å². The minimum absolute atomic E-state index is 0.798. The van der Waals surface area contributed by atoms with Crippen molar-refractivity contribution in [2.24, 2.45) is 0 Å². The van der Waals surface area contributed by atoms with E-state index in [2.05, 4.69) is 17.4 Å². The van der Waals surface area contributed by atoms with Crippen molar-refractivity contribution in [1.29, 1.82) is 0 Å². The fourth-order valence-electron chi connectivity index (χ4n) is 1.67. The fraction of sp³-hybridized carbons (Fsp3) is 0.417. The first-order valence-electron chi connectivity index (χ1n) is 5.03. The first-order chi connectivity index (χ1) is 7.10. The molecule has 82 valence electrons. The van der Waals surface area contributed by atoms with Crippen LogP contribution in [0, 0.1) is 13.8 Å². The Morgan fingerprint density at radius 1 is 1.33 bits per heavy atom. The Kier molecular flexibility index (Phi) is 4.09. The third-order valence-corrected chi connectivity index (χ3v) is 2.64. The van der Waals surface area contributed by atoms with E-state index < -0.39 is 0 Å². The summed E-state index contributed by atoms with van der Waals surface area (Å²) in [6, 6.07) is 4.10. The monoisotopic (exact) mass is 223 g/mol. The van der Waals surface area contributed by atoms with Gasteiger partial charge in [-0.1, -0.05) is 12.2 Å². The molecule has 0 aliphatic rings. The Morgan fingerprint density at radius 3 is 2.27 bits per heavy atom. The molecule has 0 spiro atoms. The smallest absolute Gasteiger partial charge is 0.124 e. The van der Waals surface area contributed by atoms with Crippen molar-refractivity contribution < 1.29 is 4.74 Å². The number of hydrogen-bond acceptors (Lipinski definition) is 2. The Labute approximate surface area is 96.6 Å². The summed E-state index contributed by atoms with van der Waals surface area (Å²) in [6.45, 7) is 6.95. The minimum Gasteiger partial charge on any atom is -0.496 e. The standard InChI is InChI=1S/C12H17NOS/c1-5-13-12(15)10-6-8(2)11(14-4)9(3)7-10/h6-7H,5H2,1-4H3,(H,13,15). The van der Waals surface area contributed by atoms with Gasteiger partial charge in [0.1, 0.15) is 10.7 Å². The number of aryl methyl sites for hydroxylation is 2. The molecule has 0 atom stereocenters. The molecule has 1 N–H and O–H groups in total. The third-order valence-electron chi connectivity index (χ3n) is 2.26. The molecule has 0 aliphatic heterocycles. The summed E-state index contributed by atoms with van der Waals surface area (Å²) >= 11 is 5.27. The average Bonchev–Trinajstić information content (AvgIpc) is 2.17. The van der Waals surface area contributed by atoms with Crippen LogP contribution in [0.15, 0.2) is 12.1 Å².